The summed E-state index contributed by atoms with van der Waals surface area (Å²) in [5.41, 5.74) is 7.90. The molecule has 1 aromatic rings. The monoisotopic (exact) mass is 347 g/mol. The molecule has 0 saturated carbocycles. The van der Waals surface area contributed by atoms with E-state index >= 15 is 0 Å². The first-order chi connectivity index (χ1) is 11.6. The second kappa shape index (κ2) is 9.56. The van der Waals surface area contributed by atoms with Crippen molar-refractivity contribution in [1.29, 1.82) is 0 Å². The van der Waals surface area contributed by atoms with Gasteiger partial charge in [0.1, 0.15) is 0 Å². The molecule has 1 rings (SSSR count). The summed E-state index contributed by atoms with van der Waals surface area (Å²) in [7, 11) is 0. The Morgan fingerprint density at radius 3 is 2.20 bits per heavy atom. The second-order valence-electron chi connectivity index (χ2n) is 8.08. The zero-order valence-electron chi connectivity index (χ0n) is 16.3. The maximum atomic E-state index is 12.1. The van der Waals surface area contributed by atoms with Gasteiger partial charge in [-0.25, -0.2) is 0 Å². The Hall–Kier alpha value is -1.88. The van der Waals surface area contributed by atoms with Crippen LogP contribution in [0.5, 0.6) is 0 Å². The van der Waals surface area contributed by atoms with Crippen LogP contribution in [0.15, 0.2) is 24.3 Å². The van der Waals surface area contributed by atoms with Gasteiger partial charge in [-0.15, -0.1) is 0 Å². The SMILES string of the molecule is CC(C)CN(CC(N)=O)CC(=O)NCCc1ccc(C(C)(C)C)cc1. The molecule has 0 bridgehead atoms. The Bertz CT molecular complexity index is 559. The van der Waals surface area contributed by atoms with Gasteiger partial charge in [0.15, 0.2) is 0 Å². The average molecular weight is 348 g/mol. The number of carbonyl (C=O) groups excluding carboxylic acids is 2. The van der Waals surface area contributed by atoms with Crippen LogP contribution in [0.1, 0.15) is 45.7 Å². The number of rotatable bonds is 9. The second-order valence-corrected chi connectivity index (χ2v) is 8.08. The number of nitrogens with one attached hydrogen (secondary N) is 1. The van der Waals surface area contributed by atoms with Crippen molar-refractivity contribution >= 4 is 11.8 Å². The van der Waals surface area contributed by atoms with Gasteiger partial charge in [0.2, 0.25) is 11.8 Å². The quantitative estimate of drug-likeness (QED) is 0.718. The third-order valence-corrected chi connectivity index (χ3v) is 3.93. The van der Waals surface area contributed by atoms with Crippen molar-refractivity contribution < 1.29 is 9.59 Å². The first-order valence-corrected chi connectivity index (χ1v) is 8.94. The fourth-order valence-electron chi connectivity index (χ4n) is 2.70. The van der Waals surface area contributed by atoms with E-state index in [0.717, 1.165) is 6.42 Å². The van der Waals surface area contributed by atoms with Gasteiger partial charge in [0.25, 0.3) is 0 Å². The molecule has 0 heterocycles. The van der Waals surface area contributed by atoms with Gasteiger partial charge in [-0.05, 0) is 28.9 Å². The van der Waals surface area contributed by atoms with Crippen molar-refractivity contribution in [3.63, 3.8) is 0 Å². The highest BCUT2D eigenvalue weighted by atomic mass is 16.2. The van der Waals surface area contributed by atoms with E-state index in [9.17, 15) is 9.59 Å². The number of primary amides is 1. The summed E-state index contributed by atoms with van der Waals surface area (Å²) in [4.78, 5) is 25.0. The first kappa shape index (κ1) is 21.2. The number of benzene rings is 1. The molecule has 5 heteroatoms. The van der Waals surface area contributed by atoms with Crippen molar-refractivity contribution in [3.05, 3.63) is 35.4 Å². The van der Waals surface area contributed by atoms with Crippen LogP contribution in [0, 0.1) is 5.92 Å². The average Bonchev–Trinajstić information content (AvgIpc) is 2.45. The van der Waals surface area contributed by atoms with E-state index in [-0.39, 0.29) is 24.4 Å². The van der Waals surface area contributed by atoms with E-state index in [1.165, 1.54) is 11.1 Å². The Balaban J connectivity index is 2.43. The van der Waals surface area contributed by atoms with Crippen LogP contribution in [0.4, 0.5) is 0 Å². The maximum Gasteiger partial charge on any atom is 0.234 e. The van der Waals surface area contributed by atoms with Crippen molar-refractivity contribution in [2.24, 2.45) is 11.7 Å². The molecule has 5 nitrogen and oxygen atoms in total. The summed E-state index contributed by atoms with van der Waals surface area (Å²) in [5.74, 6) is -0.117. The molecular formula is C20H33N3O2. The van der Waals surface area contributed by atoms with E-state index < -0.39 is 5.91 Å². The van der Waals surface area contributed by atoms with Gasteiger partial charge in [0, 0.05) is 13.1 Å². The third-order valence-electron chi connectivity index (χ3n) is 3.93. The summed E-state index contributed by atoms with van der Waals surface area (Å²) >= 11 is 0. The molecule has 0 radical (unpaired) electrons. The van der Waals surface area contributed by atoms with E-state index in [1.807, 2.05) is 13.8 Å². The van der Waals surface area contributed by atoms with Crippen LogP contribution in [-0.2, 0) is 21.4 Å². The summed E-state index contributed by atoms with van der Waals surface area (Å²) < 4.78 is 0. The highest BCUT2D eigenvalue weighted by Crippen LogP contribution is 2.22. The summed E-state index contributed by atoms with van der Waals surface area (Å²) in [6.45, 7) is 12.2. The molecule has 0 aliphatic heterocycles. The smallest absolute Gasteiger partial charge is 0.234 e. The molecule has 3 N–H and O–H groups in total. The summed E-state index contributed by atoms with van der Waals surface area (Å²) in [5, 5.41) is 2.92. The van der Waals surface area contributed by atoms with Crippen LogP contribution in [-0.4, -0.2) is 42.9 Å². The van der Waals surface area contributed by atoms with E-state index in [2.05, 4.69) is 50.4 Å². The molecule has 140 valence electrons. The highest BCUT2D eigenvalue weighted by molar-refractivity contribution is 5.80. The van der Waals surface area contributed by atoms with Gasteiger partial charge >= 0.3 is 0 Å². The van der Waals surface area contributed by atoms with Crippen LogP contribution in [0.2, 0.25) is 0 Å². The van der Waals surface area contributed by atoms with Gasteiger partial charge in [-0.3, -0.25) is 14.5 Å². The Morgan fingerprint density at radius 2 is 1.72 bits per heavy atom. The lowest BCUT2D eigenvalue weighted by atomic mass is 9.86. The molecule has 0 unspecified atom stereocenters. The lowest BCUT2D eigenvalue weighted by molar-refractivity contribution is -0.124. The normalized spacial score (nSPS) is 11.8. The molecule has 0 spiro atoms. The van der Waals surface area contributed by atoms with Crippen molar-refractivity contribution in [2.45, 2.75) is 46.5 Å². The fourth-order valence-corrected chi connectivity index (χ4v) is 2.70. The first-order valence-electron chi connectivity index (χ1n) is 8.94. The highest BCUT2D eigenvalue weighted by Gasteiger charge is 2.15. The maximum absolute atomic E-state index is 12.1. The van der Waals surface area contributed by atoms with E-state index in [1.54, 1.807) is 4.90 Å². The van der Waals surface area contributed by atoms with E-state index in [4.69, 9.17) is 5.73 Å². The molecule has 0 atom stereocenters. The van der Waals surface area contributed by atoms with E-state index in [0.29, 0.717) is 19.0 Å². The van der Waals surface area contributed by atoms with Crippen molar-refractivity contribution in [2.75, 3.05) is 26.2 Å². The predicted molar refractivity (Wildman–Crippen MR) is 102 cm³/mol. The largest absolute Gasteiger partial charge is 0.369 e. The lowest BCUT2D eigenvalue weighted by Gasteiger charge is -2.22. The number of nitrogens with two attached hydrogens (primary N) is 1. The molecule has 0 aliphatic rings. The Labute approximate surface area is 152 Å². The molecule has 1 aromatic carbocycles. The molecule has 25 heavy (non-hydrogen) atoms. The zero-order valence-corrected chi connectivity index (χ0v) is 16.3. The van der Waals surface area contributed by atoms with Crippen LogP contribution < -0.4 is 11.1 Å². The van der Waals surface area contributed by atoms with Crippen molar-refractivity contribution in [3.8, 4) is 0 Å². The summed E-state index contributed by atoms with van der Waals surface area (Å²) in [6, 6.07) is 8.53. The predicted octanol–water partition coefficient (Wildman–Crippen LogP) is 2.09. The number of carbonyl (C=O) groups is 2. The van der Waals surface area contributed by atoms with Crippen LogP contribution in [0.3, 0.4) is 0 Å². The Kier molecular flexibility index (Phi) is 8.10. The number of nitrogens with zero attached hydrogens (tertiary/aromatic N) is 1. The number of hydrogen-bond acceptors (Lipinski definition) is 3. The van der Waals surface area contributed by atoms with Gasteiger partial charge in [-0.2, -0.15) is 0 Å². The summed E-state index contributed by atoms with van der Waals surface area (Å²) in [6.07, 6.45) is 0.788. The molecule has 2 amide bonds. The molecular weight excluding hydrogens is 314 g/mol. The number of hydrogen-bond donors (Lipinski definition) is 2. The van der Waals surface area contributed by atoms with Crippen molar-refractivity contribution in [1.82, 2.24) is 10.2 Å². The minimum atomic E-state index is -0.410. The Morgan fingerprint density at radius 1 is 1.12 bits per heavy atom. The van der Waals surface area contributed by atoms with Crippen LogP contribution in [0.25, 0.3) is 0 Å². The molecule has 0 aromatic heterocycles. The van der Waals surface area contributed by atoms with Gasteiger partial charge in [0.05, 0.1) is 13.1 Å². The molecule has 0 saturated heterocycles. The minimum Gasteiger partial charge on any atom is -0.369 e. The van der Waals surface area contributed by atoms with Gasteiger partial charge < -0.3 is 11.1 Å². The standard InChI is InChI=1S/C20H33N3O2/c1-15(2)12-23(13-18(21)24)14-19(25)22-11-10-16-6-8-17(9-7-16)20(3,4)5/h6-9,15H,10-14H2,1-5H3,(H2,21,24)(H,22,25). The number of amides is 2. The van der Waals surface area contributed by atoms with Gasteiger partial charge in [-0.1, -0.05) is 58.9 Å². The molecule has 0 fully saturated rings. The molecule has 0 aliphatic carbocycles. The fraction of sp³-hybridized carbons (Fsp3) is 0.600. The van der Waals surface area contributed by atoms with Crippen LogP contribution >= 0.6 is 0 Å². The zero-order chi connectivity index (χ0) is 19.0. The lowest BCUT2D eigenvalue weighted by Crippen LogP contribution is -2.43. The minimum absolute atomic E-state index is 0.0757. The third kappa shape index (κ3) is 8.68. The topological polar surface area (TPSA) is 75.4 Å².